The fourth-order valence-corrected chi connectivity index (χ4v) is 7.34. The van der Waals surface area contributed by atoms with Gasteiger partial charge in [-0.05, 0) is 73.9 Å². The Bertz CT molecular complexity index is 1630. The number of nitrogens with zero attached hydrogens (tertiary/aromatic N) is 4. The van der Waals surface area contributed by atoms with Crippen LogP contribution in [0.5, 0.6) is 17.2 Å². The normalized spacial score (nSPS) is 19.3. The largest absolute Gasteiger partial charge is 0.497 e. The lowest BCUT2D eigenvalue weighted by Gasteiger charge is -2.56. The number of anilines is 1. The third kappa shape index (κ3) is 5.66. The molecule has 0 atom stereocenters. The van der Waals surface area contributed by atoms with Crippen LogP contribution in [0.3, 0.4) is 0 Å². The van der Waals surface area contributed by atoms with Crippen LogP contribution in [-0.2, 0) is 6.54 Å². The highest BCUT2D eigenvalue weighted by atomic mass is 19.1. The second-order valence-corrected chi connectivity index (χ2v) is 12.8. The molecule has 1 aliphatic carbocycles. The van der Waals surface area contributed by atoms with E-state index in [-0.39, 0.29) is 5.82 Å². The molecular weight excluding hydrogens is 557 g/mol. The van der Waals surface area contributed by atoms with Crippen LogP contribution >= 0.6 is 0 Å². The van der Waals surface area contributed by atoms with E-state index in [9.17, 15) is 9.18 Å². The Morgan fingerprint density at radius 3 is 2.45 bits per heavy atom. The average Bonchev–Trinajstić information content (AvgIpc) is 3.39. The molecule has 44 heavy (non-hydrogen) atoms. The van der Waals surface area contributed by atoms with Gasteiger partial charge in [-0.2, -0.15) is 0 Å². The van der Waals surface area contributed by atoms with Gasteiger partial charge in [-0.1, -0.05) is 12.1 Å². The Hall–Kier alpha value is -3.95. The van der Waals surface area contributed by atoms with Crippen LogP contribution in [0.25, 0.3) is 11.0 Å². The number of H-pyrrole nitrogens is 1. The van der Waals surface area contributed by atoms with Gasteiger partial charge in [0.05, 0.1) is 23.8 Å². The van der Waals surface area contributed by atoms with Gasteiger partial charge >= 0.3 is 0 Å². The van der Waals surface area contributed by atoms with Crippen molar-refractivity contribution < 1.29 is 18.7 Å². The Morgan fingerprint density at radius 2 is 1.75 bits per heavy atom. The number of pyridine rings is 1. The van der Waals surface area contributed by atoms with Crippen molar-refractivity contribution in [1.82, 2.24) is 19.8 Å². The summed E-state index contributed by atoms with van der Waals surface area (Å²) in [6.07, 6.45) is 7.04. The van der Waals surface area contributed by atoms with Gasteiger partial charge < -0.3 is 19.4 Å². The highest BCUT2D eigenvalue weighted by molar-refractivity contribution is 5.82. The molecule has 1 spiro atoms. The summed E-state index contributed by atoms with van der Waals surface area (Å²) in [7, 11) is 1.71. The number of halogens is 1. The molecule has 3 fully saturated rings. The second-order valence-electron chi connectivity index (χ2n) is 12.8. The van der Waals surface area contributed by atoms with Gasteiger partial charge in [0.15, 0.2) is 6.29 Å². The van der Waals surface area contributed by atoms with E-state index in [0.717, 1.165) is 63.5 Å². The zero-order chi connectivity index (χ0) is 30.3. The third-order valence-corrected chi connectivity index (χ3v) is 10.1. The number of rotatable bonds is 8. The van der Waals surface area contributed by atoms with Gasteiger partial charge in [0.2, 0.25) is 0 Å². The smallest absolute Gasteiger partial charge is 0.153 e. The molecule has 230 valence electrons. The van der Waals surface area contributed by atoms with Crippen molar-refractivity contribution in [3.63, 3.8) is 0 Å². The number of carbonyl (C=O) groups is 1. The van der Waals surface area contributed by atoms with Crippen LogP contribution in [0.2, 0.25) is 0 Å². The van der Waals surface area contributed by atoms with Crippen LogP contribution in [0.4, 0.5) is 10.1 Å². The summed E-state index contributed by atoms with van der Waals surface area (Å²) in [6, 6.07) is 16.5. The highest BCUT2D eigenvalue weighted by Crippen LogP contribution is 2.51. The first kappa shape index (κ1) is 28.8. The number of hydrogen-bond donors (Lipinski definition) is 1. The number of aromatic amines is 1. The van der Waals surface area contributed by atoms with E-state index in [1.807, 2.05) is 37.3 Å². The first-order valence-electron chi connectivity index (χ1n) is 15.7. The lowest BCUT2D eigenvalue weighted by atomic mass is 9.60. The van der Waals surface area contributed by atoms with Crippen molar-refractivity contribution in [2.75, 3.05) is 51.3 Å². The van der Waals surface area contributed by atoms with Crippen LogP contribution in [0.15, 0.2) is 54.7 Å². The molecule has 0 radical (unpaired) electrons. The van der Waals surface area contributed by atoms with Crippen LogP contribution in [0.1, 0.15) is 47.3 Å². The number of aromatic nitrogens is 2. The number of piperazine rings is 1. The van der Waals surface area contributed by atoms with Gasteiger partial charge in [-0.15, -0.1) is 0 Å². The maximum atomic E-state index is 14.2. The molecule has 2 aromatic carbocycles. The molecule has 3 aliphatic rings. The molecular formula is C35H40FN5O3. The number of aryl methyl sites for hydroxylation is 1. The molecule has 8 nitrogen and oxygen atoms in total. The quantitative estimate of drug-likeness (QED) is 0.243. The van der Waals surface area contributed by atoms with E-state index in [4.69, 9.17) is 9.47 Å². The number of piperidine rings is 1. The molecule has 0 bridgehead atoms. The van der Waals surface area contributed by atoms with Crippen molar-refractivity contribution in [2.24, 2.45) is 5.41 Å². The van der Waals surface area contributed by atoms with E-state index < -0.39 is 0 Å². The molecule has 7 rings (SSSR count). The fourth-order valence-electron chi connectivity index (χ4n) is 7.34. The van der Waals surface area contributed by atoms with Gasteiger partial charge in [0, 0.05) is 69.8 Å². The Kier molecular flexibility index (Phi) is 7.76. The van der Waals surface area contributed by atoms with Crippen LogP contribution in [-0.4, -0.2) is 78.5 Å². The Balaban J connectivity index is 0.927. The van der Waals surface area contributed by atoms with Gasteiger partial charge in [-0.3, -0.25) is 14.6 Å². The van der Waals surface area contributed by atoms with Crippen molar-refractivity contribution >= 4 is 23.0 Å². The number of carbonyl (C=O) groups excluding carboxylic acids is 1. The number of aldehydes is 1. The first-order valence-corrected chi connectivity index (χ1v) is 15.7. The molecule has 2 aromatic heterocycles. The maximum absolute atomic E-state index is 14.2. The third-order valence-electron chi connectivity index (χ3n) is 10.1. The highest BCUT2D eigenvalue weighted by Gasteiger charge is 2.48. The van der Waals surface area contributed by atoms with E-state index in [0.29, 0.717) is 45.2 Å². The summed E-state index contributed by atoms with van der Waals surface area (Å²) >= 11 is 0. The number of fused-ring (bicyclic) bond motifs is 1. The predicted molar refractivity (Wildman–Crippen MR) is 169 cm³/mol. The Labute approximate surface area is 257 Å². The van der Waals surface area contributed by atoms with Crippen molar-refractivity contribution in [2.45, 2.75) is 45.2 Å². The minimum atomic E-state index is -0.380. The van der Waals surface area contributed by atoms with Gasteiger partial charge in [0.25, 0.3) is 0 Å². The topological polar surface area (TPSA) is 73.9 Å². The zero-order valence-electron chi connectivity index (χ0n) is 25.5. The summed E-state index contributed by atoms with van der Waals surface area (Å²) in [5.41, 5.74) is 4.39. The lowest BCUT2D eigenvalue weighted by Crippen LogP contribution is -2.59. The molecule has 4 aromatic rings. The van der Waals surface area contributed by atoms with E-state index in [1.54, 1.807) is 13.2 Å². The molecule has 1 saturated carbocycles. The van der Waals surface area contributed by atoms with Crippen molar-refractivity contribution in [3.05, 3.63) is 77.4 Å². The number of benzene rings is 2. The predicted octanol–water partition coefficient (Wildman–Crippen LogP) is 6.19. The van der Waals surface area contributed by atoms with Crippen LogP contribution < -0.4 is 14.4 Å². The summed E-state index contributed by atoms with van der Waals surface area (Å²) in [6.45, 7) is 9.33. The average molecular weight is 598 g/mol. The maximum Gasteiger partial charge on any atom is 0.153 e. The summed E-state index contributed by atoms with van der Waals surface area (Å²) in [5.74, 6) is 1.43. The number of ether oxygens (including phenoxy) is 2. The number of nitrogens with one attached hydrogen (secondary N) is 1. The molecule has 0 unspecified atom stereocenters. The molecule has 2 aliphatic heterocycles. The van der Waals surface area contributed by atoms with Gasteiger partial charge in [0.1, 0.15) is 28.7 Å². The van der Waals surface area contributed by atoms with Crippen molar-refractivity contribution in [1.29, 1.82) is 0 Å². The molecule has 9 heteroatoms. The second kappa shape index (κ2) is 11.9. The summed E-state index contributed by atoms with van der Waals surface area (Å²) in [4.78, 5) is 26.8. The van der Waals surface area contributed by atoms with Gasteiger partial charge in [-0.25, -0.2) is 9.37 Å². The SMILES string of the molecule is COc1ccc(CN2CCN(C3CC4(CCN(c5ccc(C=O)c(Oc6cc7c(F)c[nH]c7nc6C)c5)CC4)C3)CC2)cc1. The standard InChI is InChI=1S/C35H40FN5O3/c1-24-32(18-30-31(36)21-37-34(30)38-24)44-33-17-27(6-5-26(33)23-42)40-11-9-35(10-12-40)19-28(20-35)41-15-13-39(14-16-41)22-25-3-7-29(43-2)8-4-25/h3-8,17-18,21,23,28H,9-16,19-20,22H2,1-2H3,(H,37,38). The number of methoxy groups -OCH3 is 1. The molecule has 1 N–H and O–H groups in total. The minimum Gasteiger partial charge on any atom is -0.497 e. The van der Waals surface area contributed by atoms with E-state index in [2.05, 4.69) is 36.8 Å². The Morgan fingerprint density at radius 1 is 1.00 bits per heavy atom. The lowest BCUT2D eigenvalue weighted by molar-refractivity contribution is -0.0355. The fraction of sp³-hybridized carbons (Fsp3) is 0.429. The number of hydrogen-bond acceptors (Lipinski definition) is 7. The summed E-state index contributed by atoms with van der Waals surface area (Å²) < 4.78 is 25.7. The van der Waals surface area contributed by atoms with E-state index >= 15 is 0 Å². The molecule has 2 saturated heterocycles. The monoisotopic (exact) mass is 597 g/mol. The molecule has 0 amide bonds. The van der Waals surface area contributed by atoms with Crippen LogP contribution in [0, 0.1) is 18.2 Å². The minimum absolute atomic E-state index is 0.366. The molecule has 4 heterocycles. The van der Waals surface area contributed by atoms with Crippen molar-refractivity contribution in [3.8, 4) is 17.2 Å². The first-order chi connectivity index (χ1) is 21.4. The zero-order valence-corrected chi connectivity index (χ0v) is 25.5. The summed E-state index contributed by atoms with van der Waals surface area (Å²) in [5, 5.41) is 0.366. The van der Waals surface area contributed by atoms with E-state index in [1.165, 1.54) is 37.4 Å².